The SMILES string of the molecule is O=[N+]([O-])c1ccc(SS)cc1. The van der Waals surface area contributed by atoms with Gasteiger partial charge in [-0.05, 0) is 12.1 Å². The number of hydrogen-bond donors (Lipinski definition) is 1. The molecule has 0 fully saturated rings. The third kappa shape index (κ3) is 2.13. The second-order valence-electron chi connectivity index (χ2n) is 1.84. The van der Waals surface area contributed by atoms with Gasteiger partial charge in [0.2, 0.25) is 0 Å². The fourth-order valence-electron chi connectivity index (χ4n) is 0.629. The van der Waals surface area contributed by atoms with Crippen molar-refractivity contribution in [2.75, 3.05) is 0 Å². The topological polar surface area (TPSA) is 43.1 Å². The largest absolute Gasteiger partial charge is 0.269 e. The van der Waals surface area contributed by atoms with Gasteiger partial charge in [-0.25, -0.2) is 0 Å². The van der Waals surface area contributed by atoms with Crippen LogP contribution in [-0.4, -0.2) is 4.92 Å². The minimum Gasteiger partial charge on any atom is -0.258 e. The van der Waals surface area contributed by atoms with Crippen LogP contribution in [0, 0.1) is 10.1 Å². The van der Waals surface area contributed by atoms with E-state index in [2.05, 4.69) is 11.7 Å². The molecule has 0 heterocycles. The van der Waals surface area contributed by atoms with Crippen molar-refractivity contribution in [3.05, 3.63) is 34.4 Å². The van der Waals surface area contributed by atoms with E-state index in [1.165, 1.54) is 22.9 Å². The second-order valence-corrected chi connectivity index (χ2v) is 3.04. The van der Waals surface area contributed by atoms with Gasteiger partial charge in [0, 0.05) is 17.0 Å². The van der Waals surface area contributed by atoms with Crippen LogP contribution < -0.4 is 0 Å². The van der Waals surface area contributed by atoms with Crippen molar-refractivity contribution >= 4 is 28.1 Å². The predicted octanol–water partition coefficient (Wildman–Crippen LogP) is 2.53. The molecule has 58 valence electrons. The maximum absolute atomic E-state index is 10.2. The fourth-order valence-corrected chi connectivity index (χ4v) is 1.25. The Labute approximate surface area is 72.8 Å². The minimum atomic E-state index is -0.424. The summed E-state index contributed by atoms with van der Waals surface area (Å²) in [6.07, 6.45) is 0. The maximum atomic E-state index is 10.2. The van der Waals surface area contributed by atoms with Gasteiger partial charge in [0.15, 0.2) is 0 Å². The Balaban J connectivity index is 2.91. The molecular formula is C6H5NO2S2. The Morgan fingerprint density at radius 3 is 2.27 bits per heavy atom. The molecule has 1 rings (SSSR count). The average molecular weight is 187 g/mol. The Morgan fingerprint density at radius 1 is 1.36 bits per heavy atom. The van der Waals surface area contributed by atoms with Crippen molar-refractivity contribution in [3.8, 4) is 0 Å². The lowest BCUT2D eigenvalue weighted by Gasteiger charge is -1.92. The minimum absolute atomic E-state index is 0.108. The van der Waals surface area contributed by atoms with E-state index in [1.54, 1.807) is 12.1 Å². The molecule has 0 spiro atoms. The van der Waals surface area contributed by atoms with Crippen molar-refractivity contribution in [2.45, 2.75) is 4.90 Å². The Bertz CT molecular complexity index is 260. The van der Waals surface area contributed by atoms with E-state index >= 15 is 0 Å². The van der Waals surface area contributed by atoms with Gasteiger partial charge in [-0.3, -0.25) is 10.1 Å². The third-order valence-corrected chi connectivity index (χ3v) is 2.27. The van der Waals surface area contributed by atoms with Gasteiger partial charge in [-0.15, -0.1) is 11.7 Å². The zero-order valence-corrected chi connectivity index (χ0v) is 7.14. The van der Waals surface area contributed by atoms with Crippen LogP contribution in [0.2, 0.25) is 0 Å². The van der Waals surface area contributed by atoms with E-state index in [0.29, 0.717) is 0 Å². The summed E-state index contributed by atoms with van der Waals surface area (Å²) in [6.45, 7) is 0. The summed E-state index contributed by atoms with van der Waals surface area (Å²) in [5.74, 6) is 0. The molecule has 0 saturated carbocycles. The molecule has 0 aliphatic rings. The molecule has 1 aromatic carbocycles. The number of non-ortho nitro benzene ring substituents is 1. The van der Waals surface area contributed by atoms with Gasteiger partial charge < -0.3 is 0 Å². The Kier molecular flexibility index (Phi) is 2.78. The summed E-state index contributed by atoms with van der Waals surface area (Å²) in [5, 5.41) is 10.2. The molecule has 0 saturated heterocycles. The van der Waals surface area contributed by atoms with Crippen LogP contribution in [0.15, 0.2) is 29.2 Å². The van der Waals surface area contributed by atoms with Crippen molar-refractivity contribution in [1.82, 2.24) is 0 Å². The third-order valence-electron chi connectivity index (χ3n) is 1.15. The highest BCUT2D eigenvalue weighted by Gasteiger charge is 2.02. The van der Waals surface area contributed by atoms with Gasteiger partial charge in [0.1, 0.15) is 0 Å². The first-order valence-electron chi connectivity index (χ1n) is 2.80. The molecule has 1 aromatic rings. The highest BCUT2D eigenvalue weighted by atomic mass is 33.1. The average Bonchev–Trinajstić information content (AvgIpc) is 2.05. The van der Waals surface area contributed by atoms with E-state index in [0.717, 1.165) is 4.90 Å². The molecule has 11 heavy (non-hydrogen) atoms. The normalized spacial score (nSPS) is 9.55. The molecule has 0 aromatic heterocycles. The number of rotatable bonds is 2. The second kappa shape index (κ2) is 3.64. The molecule has 0 amide bonds. The van der Waals surface area contributed by atoms with Crippen LogP contribution >= 0.6 is 22.5 Å². The van der Waals surface area contributed by atoms with Crippen LogP contribution in [0.1, 0.15) is 0 Å². The van der Waals surface area contributed by atoms with E-state index in [-0.39, 0.29) is 5.69 Å². The van der Waals surface area contributed by atoms with E-state index in [1.807, 2.05) is 0 Å². The smallest absolute Gasteiger partial charge is 0.258 e. The van der Waals surface area contributed by atoms with Gasteiger partial charge in [-0.2, -0.15) is 0 Å². The first-order valence-corrected chi connectivity index (χ1v) is 4.67. The molecule has 3 nitrogen and oxygen atoms in total. The molecule has 0 atom stereocenters. The van der Waals surface area contributed by atoms with Crippen LogP contribution in [-0.2, 0) is 0 Å². The maximum Gasteiger partial charge on any atom is 0.269 e. The lowest BCUT2D eigenvalue weighted by Crippen LogP contribution is -1.85. The van der Waals surface area contributed by atoms with Crippen molar-refractivity contribution in [1.29, 1.82) is 0 Å². The molecule has 0 aliphatic carbocycles. The summed E-state index contributed by atoms with van der Waals surface area (Å²) in [6, 6.07) is 6.24. The van der Waals surface area contributed by atoms with Crippen molar-refractivity contribution in [3.63, 3.8) is 0 Å². The highest BCUT2D eigenvalue weighted by Crippen LogP contribution is 2.23. The summed E-state index contributed by atoms with van der Waals surface area (Å²) >= 11 is 3.94. The molecule has 0 unspecified atom stereocenters. The monoisotopic (exact) mass is 187 g/mol. The Hall–Kier alpha value is -0.680. The van der Waals surface area contributed by atoms with Crippen LogP contribution in [0.25, 0.3) is 0 Å². The van der Waals surface area contributed by atoms with Crippen LogP contribution in [0.3, 0.4) is 0 Å². The number of benzene rings is 1. The summed E-state index contributed by atoms with van der Waals surface area (Å²) in [4.78, 5) is 10.7. The van der Waals surface area contributed by atoms with E-state index < -0.39 is 4.92 Å². The van der Waals surface area contributed by atoms with Gasteiger partial charge >= 0.3 is 0 Å². The first-order chi connectivity index (χ1) is 5.24. The molecule has 0 aliphatic heterocycles. The lowest BCUT2D eigenvalue weighted by molar-refractivity contribution is -0.384. The quantitative estimate of drug-likeness (QED) is 0.335. The standard InChI is InChI=1S/C6H5NO2S2/c8-7(9)5-1-3-6(11-10)4-2-5/h1-4,10H. The number of hydrogen-bond acceptors (Lipinski definition) is 4. The zero-order valence-electron chi connectivity index (χ0n) is 5.43. The number of nitrogens with zero attached hydrogens (tertiary/aromatic N) is 1. The van der Waals surface area contributed by atoms with Crippen LogP contribution in [0.4, 0.5) is 5.69 Å². The molecule has 0 N–H and O–H groups in total. The van der Waals surface area contributed by atoms with Gasteiger partial charge in [-0.1, -0.05) is 10.8 Å². The van der Waals surface area contributed by atoms with E-state index in [4.69, 9.17) is 0 Å². The molecule has 0 radical (unpaired) electrons. The van der Waals surface area contributed by atoms with Gasteiger partial charge in [0.25, 0.3) is 5.69 Å². The Morgan fingerprint density at radius 2 is 1.91 bits per heavy atom. The van der Waals surface area contributed by atoms with Crippen molar-refractivity contribution in [2.24, 2.45) is 0 Å². The van der Waals surface area contributed by atoms with Crippen LogP contribution in [0.5, 0.6) is 0 Å². The molecule has 0 bridgehead atoms. The molecule has 5 heteroatoms. The predicted molar refractivity (Wildman–Crippen MR) is 47.9 cm³/mol. The lowest BCUT2D eigenvalue weighted by atomic mass is 10.3. The fraction of sp³-hybridized carbons (Fsp3) is 0. The number of nitro groups is 1. The van der Waals surface area contributed by atoms with Gasteiger partial charge in [0.05, 0.1) is 4.92 Å². The van der Waals surface area contributed by atoms with E-state index in [9.17, 15) is 10.1 Å². The molecular weight excluding hydrogens is 182 g/mol. The number of thiol groups is 1. The summed E-state index contributed by atoms with van der Waals surface area (Å²) in [5.41, 5.74) is 0.108. The number of nitro benzene ring substituents is 1. The zero-order chi connectivity index (χ0) is 8.27. The first kappa shape index (κ1) is 8.42. The summed E-state index contributed by atoms with van der Waals surface area (Å²) < 4.78 is 0. The highest BCUT2D eigenvalue weighted by molar-refractivity contribution is 8.68. The van der Waals surface area contributed by atoms with Crippen molar-refractivity contribution < 1.29 is 4.92 Å². The summed E-state index contributed by atoms with van der Waals surface area (Å²) in [7, 11) is 1.26.